The van der Waals surface area contributed by atoms with Crippen molar-refractivity contribution in [1.29, 1.82) is 0 Å². The quantitative estimate of drug-likeness (QED) is 0.751. The molecular formula is C15H18BrN3O. The Hall–Kier alpha value is -1.36. The summed E-state index contributed by atoms with van der Waals surface area (Å²) in [5, 5.41) is 1.22. The summed E-state index contributed by atoms with van der Waals surface area (Å²) >= 11 is 3.44. The van der Waals surface area contributed by atoms with E-state index in [2.05, 4.69) is 38.6 Å². The van der Waals surface area contributed by atoms with Crippen molar-refractivity contribution < 1.29 is 4.79 Å². The summed E-state index contributed by atoms with van der Waals surface area (Å²) in [6.45, 7) is 1.64. The van der Waals surface area contributed by atoms with E-state index in [4.69, 9.17) is 0 Å². The monoisotopic (exact) mass is 335 g/mol. The number of nitrogens with zero attached hydrogens (tertiary/aromatic N) is 3. The van der Waals surface area contributed by atoms with Gasteiger partial charge < -0.3 is 9.47 Å². The van der Waals surface area contributed by atoms with Gasteiger partial charge in [0.1, 0.15) is 10.3 Å². The van der Waals surface area contributed by atoms with Crippen molar-refractivity contribution in [3.05, 3.63) is 28.0 Å². The van der Waals surface area contributed by atoms with E-state index in [1.54, 1.807) is 6.92 Å². The van der Waals surface area contributed by atoms with E-state index in [1.807, 2.05) is 18.0 Å². The Bertz CT molecular complexity index is 692. The molecule has 1 atom stereocenters. The Kier molecular flexibility index (Phi) is 3.32. The van der Waals surface area contributed by atoms with E-state index in [9.17, 15) is 4.79 Å². The highest BCUT2D eigenvalue weighted by atomic mass is 79.9. The number of rotatable bonds is 1. The Morgan fingerprint density at radius 1 is 1.50 bits per heavy atom. The number of fused-ring (bicyclic) bond motifs is 3. The number of carbonyl (C=O) groups is 1. The number of amides is 1. The summed E-state index contributed by atoms with van der Waals surface area (Å²) < 4.78 is 3.06. The van der Waals surface area contributed by atoms with Gasteiger partial charge in [0.15, 0.2) is 0 Å². The number of hydrogen-bond acceptors (Lipinski definition) is 2. The molecule has 0 aliphatic heterocycles. The lowest BCUT2D eigenvalue weighted by atomic mass is 9.91. The molecular weight excluding hydrogens is 318 g/mol. The molecule has 2 aromatic rings. The van der Waals surface area contributed by atoms with Crippen LogP contribution in [0.5, 0.6) is 0 Å². The van der Waals surface area contributed by atoms with Crippen LogP contribution in [0.15, 0.2) is 16.7 Å². The number of aryl methyl sites for hydroxylation is 1. The molecule has 3 rings (SSSR count). The first-order valence-electron chi connectivity index (χ1n) is 6.85. The fourth-order valence-electron chi connectivity index (χ4n) is 3.18. The van der Waals surface area contributed by atoms with Crippen LogP contribution in [-0.2, 0) is 24.7 Å². The van der Waals surface area contributed by atoms with Crippen LogP contribution in [0.1, 0.15) is 24.6 Å². The molecule has 0 radical (unpaired) electrons. The topological polar surface area (TPSA) is 38.1 Å². The lowest BCUT2D eigenvalue weighted by Gasteiger charge is -2.31. The predicted molar refractivity (Wildman–Crippen MR) is 82.7 cm³/mol. The van der Waals surface area contributed by atoms with Crippen LogP contribution in [-0.4, -0.2) is 33.4 Å². The van der Waals surface area contributed by atoms with Crippen molar-refractivity contribution in [2.24, 2.45) is 7.05 Å². The average Bonchev–Trinajstić information content (AvgIpc) is 2.70. The molecule has 20 heavy (non-hydrogen) atoms. The number of hydrogen-bond donors (Lipinski definition) is 0. The van der Waals surface area contributed by atoms with Gasteiger partial charge in [-0.3, -0.25) is 4.79 Å². The summed E-state index contributed by atoms with van der Waals surface area (Å²) in [6.07, 6.45) is 2.95. The third-order valence-corrected chi connectivity index (χ3v) is 4.88. The van der Waals surface area contributed by atoms with Crippen LogP contribution in [0, 0.1) is 0 Å². The SMILES string of the molecule is CC(=O)N(C)C1CCc2c(c3ccc(Br)nc3n2C)C1. The van der Waals surface area contributed by atoms with E-state index in [0.29, 0.717) is 6.04 Å². The maximum atomic E-state index is 11.6. The Morgan fingerprint density at radius 2 is 2.25 bits per heavy atom. The van der Waals surface area contributed by atoms with E-state index in [-0.39, 0.29) is 5.91 Å². The van der Waals surface area contributed by atoms with Crippen molar-refractivity contribution in [2.75, 3.05) is 7.05 Å². The largest absolute Gasteiger partial charge is 0.343 e. The molecule has 1 amide bonds. The van der Waals surface area contributed by atoms with E-state index < -0.39 is 0 Å². The predicted octanol–water partition coefficient (Wildman–Crippen LogP) is 2.67. The third-order valence-electron chi connectivity index (χ3n) is 4.44. The van der Waals surface area contributed by atoms with Gasteiger partial charge in [0.25, 0.3) is 0 Å². The van der Waals surface area contributed by atoms with E-state index in [0.717, 1.165) is 29.5 Å². The van der Waals surface area contributed by atoms with Gasteiger partial charge in [0.2, 0.25) is 5.91 Å². The van der Waals surface area contributed by atoms with Gasteiger partial charge >= 0.3 is 0 Å². The highest BCUT2D eigenvalue weighted by Crippen LogP contribution is 2.32. The minimum Gasteiger partial charge on any atom is -0.343 e. The minimum absolute atomic E-state index is 0.138. The van der Waals surface area contributed by atoms with Gasteiger partial charge in [-0.15, -0.1) is 0 Å². The van der Waals surface area contributed by atoms with Crippen molar-refractivity contribution in [2.45, 2.75) is 32.2 Å². The Labute approximate surface area is 126 Å². The van der Waals surface area contributed by atoms with Crippen molar-refractivity contribution in [3.63, 3.8) is 0 Å². The molecule has 0 bridgehead atoms. The molecule has 0 fully saturated rings. The maximum absolute atomic E-state index is 11.6. The van der Waals surface area contributed by atoms with Crippen LogP contribution >= 0.6 is 15.9 Å². The number of likely N-dealkylation sites (N-methyl/N-ethyl adjacent to an activating group) is 1. The normalized spacial score (nSPS) is 18.1. The number of pyridine rings is 1. The van der Waals surface area contributed by atoms with Gasteiger partial charge in [-0.1, -0.05) is 0 Å². The zero-order chi connectivity index (χ0) is 14.4. The fourth-order valence-corrected chi connectivity index (χ4v) is 3.48. The summed E-state index contributed by atoms with van der Waals surface area (Å²) in [4.78, 5) is 18.0. The van der Waals surface area contributed by atoms with Crippen molar-refractivity contribution in [3.8, 4) is 0 Å². The van der Waals surface area contributed by atoms with Gasteiger partial charge in [0, 0.05) is 38.1 Å². The van der Waals surface area contributed by atoms with E-state index >= 15 is 0 Å². The van der Waals surface area contributed by atoms with Crippen LogP contribution < -0.4 is 0 Å². The summed E-state index contributed by atoms with van der Waals surface area (Å²) in [7, 11) is 3.98. The number of carbonyl (C=O) groups excluding carboxylic acids is 1. The van der Waals surface area contributed by atoms with Crippen LogP contribution in [0.4, 0.5) is 0 Å². The lowest BCUT2D eigenvalue weighted by molar-refractivity contribution is -0.129. The minimum atomic E-state index is 0.138. The summed E-state index contributed by atoms with van der Waals surface area (Å²) in [5.74, 6) is 0.138. The zero-order valence-corrected chi connectivity index (χ0v) is 13.6. The second kappa shape index (κ2) is 4.88. The Morgan fingerprint density at radius 3 is 2.95 bits per heavy atom. The molecule has 1 aliphatic carbocycles. The summed E-state index contributed by atoms with van der Waals surface area (Å²) in [5.41, 5.74) is 3.74. The summed E-state index contributed by atoms with van der Waals surface area (Å²) in [6, 6.07) is 4.41. The highest BCUT2D eigenvalue weighted by molar-refractivity contribution is 9.10. The molecule has 0 saturated carbocycles. The molecule has 0 saturated heterocycles. The smallest absolute Gasteiger partial charge is 0.219 e. The number of halogens is 1. The molecule has 2 aromatic heterocycles. The van der Waals surface area contributed by atoms with Gasteiger partial charge in [-0.25, -0.2) is 4.98 Å². The lowest BCUT2D eigenvalue weighted by Crippen LogP contribution is -2.39. The standard InChI is InChI=1S/C15H18BrN3O/c1-9(20)18(2)10-4-6-13-12(8-10)11-5-7-14(16)17-15(11)19(13)3/h5,7,10H,4,6,8H2,1-3H3. The molecule has 2 heterocycles. The van der Waals surface area contributed by atoms with Crippen LogP contribution in [0.2, 0.25) is 0 Å². The van der Waals surface area contributed by atoms with Crippen molar-refractivity contribution in [1.82, 2.24) is 14.5 Å². The molecule has 0 aromatic carbocycles. The second-order valence-corrected chi connectivity index (χ2v) is 6.33. The van der Waals surface area contributed by atoms with Gasteiger partial charge in [-0.2, -0.15) is 0 Å². The number of aromatic nitrogens is 2. The molecule has 5 heteroatoms. The fraction of sp³-hybridized carbons (Fsp3) is 0.467. The maximum Gasteiger partial charge on any atom is 0.219 e. The molecule has 4 nitrogen and oxygen atoms in total. The van der Waals surface area contributed by atoms with Crippen molar-refractivity contribution >= 4 is 32.9 Å². The average molecular weight is 336 g/mol. The molecule has 0 spiro atoms. The first-order valence-corrected chi connectivity index (χ1v) is 7.64. The van der Waals surface area contributed by atoms with Crippen LogP contribution in [0.25, 0.3) is 11.0 Å². The molecule has 1 aliphatic rings. The molecule has 0 N–H and O–H groups in total. The van der Waals surface area contributed by atoms with Crippen LogP contribution in [0.3, 0.4) is 0 Å². The van der Waals surface area contributed by atoms with E-state index in [1.165, 1.54) is 16.6 Å². The Balaban J connectivity index is 2.07. The first-order chi connectivity index (χ1) is 9.49. The first kappa shape index (κ1) is 13.6. The highest BCUT2D eigenvalue weighted by Gasteiger charge is 2.28. The third kappa shape index (κ3) is 2.04. The molecule has 106 valence electrons. The van der Waals surface area contributed by atoms with Gasteiger partial charge in [0.05, 0.1) is 0 Å². The molecule has 1 unspecified atom stereocenters. The second-order valence-electron chi connectivity index (χ2n) is 5.52. The zero-order valence-electron chi connectivity index (χ0n) is 12.0. The van der Waals surface area contributed by atoms with Gasteiger partial charge in [-0.05, 0) is 52.9 Å².